The number of imide groups is 1. The first kappa shape index (κ1) is 28.1. The number of thioether (sulfide) groups is 1. The lowest BCUT2D eigenvalue weighted by Gasteiger charge is -2.18. The number of amides is 5. The summed E-state index contributed by atoms with van der Waals surface area (Å²) in [6, 6.07) is 11.0. The van der Waals surface area contributed by atoms with Crippen LogP contribution < -0.4 is 25.8 Å². The lowest BCUT2D eigenvalue weighted by Crippen LogP contribution is -2.40. The molecule has 0 aliphatic carbocycles. The minimum Gasteiger partial charge on any atom is -0.493 e. The van der Waals surface area contributed by atoms with Crippen molar-refractivity contribution in [3.63, 3.8) is 0 Å². The first-order chi connectivity index (χ1) is 17.7. The number of halogens is 1. The van der Waals surface area contributed by atoms with E-state index in [1.54, 1.807) is 48.5 Å². The fraction of sp³-hybridized carbons (Fsp3) is 0.280. The van der Waals surface area contributed by atoms with Crippen LogP contribution >= 0.6 is 27.7 Å². The number of carbonyl (C=O) groups is 4. The highest BCUT2D eigenvalue weighted by atomic mass is 79.9. The van der Waals surface area contributed by atoms with Crippen LogP contribution in [0.4, 0.5) is 9.59 Å². The van der Waals surface area contributed by atoms with Crippen LogP contribution in [0.25, 0.3) is 6.08 Å². The number of nitrogens with one attached hydrogen (secondary N) is 2. The first-order valence-electron chi connectivity index (χ1n) is 11.4. The lowest BCUT2D eigenvalue weighted by molar-refractivity contribution is -0.124. The van der Waals surface area contributed by atoms with Gasteiger partial charge in [0.1, 0.15) is 0 Å². The Balaban J connectivity index is 1.58. The van der Waals surface area contributed by atoms with Crippen LogP contribution in [0.2, 0.25) is 0 Å². The number of rotatable bonds is 11. The summed E-state index contributed by atoms with van der Waals surface area (Å²) >= 11 is 4.17. The van der Waals surface area contributed by atoms with Crippen LogP contribution in [-0.2, 0) is 9.59 Å². The van der Waals surface area contributed by atoms with E-state index in [-0.39, 0.29) is 30.3 Å². The highest BCUT2D eigenvalue weighted by molar-refractivity contribution is 9.10. The van der Waals surface area contributed by atoms with Crippen molar-refractivity contribution in [2.75, 3.05) is 26.8 Å². The molecule has 4 N–H and O–H groups in total. The largest absolute Gasteiger partial charge is 0.493 e. The average molecular weight is 591 g/mol. The molecule has 0 saturated carbocycles. The first-order valence-corrected chi connectivity index (χ1v) is 13.0. The Kier molecular flexibility index (Phi) is 9.98. The topological polar surface area (TPSA) is 140 Å². The molecule has 12 heteroatoms. The van der Waals surface area contributed by atoms with Crippen LogP contribution in [0.3, 0.4) is 0 Å². The number of methoxy groups -OCH3 is 1. The third-order valence-electron chi connectivity index (χ3n) is 5.29. The zero-order chi connectivity index (χ0) is 26.9. The van der Waals surface area contributed by atoms with E-state index < -0.39 is 23.2 Å². The van der Waals surface area contributed by atoms with Crippen molar-refractivity contribution >= 4 is 56.9 Å². The molecule has 3 rings (SSSR count). The molecule has 0 spiro atoms. The van der Waals surface area contributed by atoms with E-state index in [1.807, 2.05) is 6.92 Å². The number of ether oxygens (including phenoxy) is 2. The van der Waals surface area contributed by atoms with Gasteiger partial charge in [0.05, 0.1) is 31.1 Å². The van der Waals surface area contributed by atoms with Crippen molar-refractivity contribution < 1.29 is 28.7 Å². The summed E-state index contributed by atoms with van der Waals surface area (Å²) in [4.78, 5) is 50.5. The number of nitrogens with zero attached hydrogens (tertiary/aromatic N) is 1. The molecule has 1 unspecified atom stereocenters. The normalized spacial score (nSPS) is 15.0. The minimum atomic E-state index is -0.754. The Labute approximate surface area is 227 Å². The van der Waals surface area contributed by atoms with Crippen molar-refractivity contribution in [2.45, 2.75) is 19.4 Å². The molecule has 0 bridgehead atoms. The molecule has 1 fully saturated rings. The Morgan fingerprint density at radius 1 is 1.16 bits per heavy atom. The molecule has 196 valence electrons. The fourth-order valence-electron chi connectivity index (χ4n) is 3.58. The molecular weight excluding hydrogens is 564 g/mol. The molecule has 5 amide bonds. The van der Waals surface area contributed by atoms with Crippen LogP contribution in [0.5, 0.6) is 11.5 Å². The zero-order valence-electron chi connectivity index (χ0n) is 20.3. The highest BCUT2D eigenvalue weighted by Crippen LogP contribution is 2.34. The summed E-state index contributed by atoms with van der Waals surface area (Å²) in [6.07, 6.45) is 1.55. The number of hydrogen-bond acceptors (Lipinski definition) is 7. The molecule has 2 aromatic rings. The summed E-state index contributed by atoms with van der Waals surface area (Å²) in [5, 5.41) is 4.82. The SMILES string of the molecule is CCOc1ccc(/C=C2/SC(=O)N(CCNC(=O)CC(NC(N)=O)c3ccc(Br)cc3)C2=O)cc1OC. The van der Waals surface area contributed by atoms with Gasteiger partial charge in [0.25, 0.3) is 11.1 Å². The number of hydrogen-bond donors (Lipinski definition) is 3. The average Bonchev–Trinajstić information content (AvgIpc) is 3.12. The zero-order valence-corrected chi connectivity index (χ0v) is 22.7. The molecule has 0 radical (unpaired) electrons. The molecule has 1 aliphatic heterocycles. The van der Waals surface area contributed by atoms with Gasteiger partial charge in [0.2, 0.25) is 5.91 Å². The van der Waals surface area contributed by atoms with E-state index in [9.17, 15) is 19.2 Å². The quantitative estimate of drug-likeness (QED) is 0.338. The van der Waals surface area contributed by atoms with E-state index in [4.69, 9.17) is 15.2 Å². The van der Waals surface area contributed by atoms with Gasteiger partial charge in [-0.2, -0.15) is 0 Å². The van der Waals surface area contributed by atoms with Gasteiger partial charge in [-0.25, -0.2) is 4.79 Å². The van der Waals surface area contributed by atoms with Crippen molar-refractivity contribution in [1.29, 1.82) is 0 Å². The molecule has 1 heterocycles. The maximum atomic E-state index is 12.8. The van der Waals surface area contributed by atoms with E-state index in [0.717, 1.165) is 21.1 Å². The van der Waals surface area contributed by atoms with Crippen LogP contribution in [0, 0.1) is 0 Å². The summed E-state index contributed by atoms with van der Waals surface area (Å²) < 4.78 is 11.7. The van der Waals surface area contributed by atoms with Crippen LogP contribution in [0.1, 0.15) is 30.5 Å². The monoisotopic (exact) mass is 590 g/mol. The van der Waals surface area contributed by atoms with E-state index in [2.05, 4.69) is 26.6 Å². The predicted molar refractivity (Wildman–Crippen MR) is 144 cm³/mol. The van der Waals surface area contributed by atoms with E-state index in [0.29, 0.717) is 29.2 Å². The molecule has 1 atom stereocenters. The van der Waals surface area contributed by atoms with Gasteiger partial charge in [-0.15, -0.1) is 0 Å². The summed E-state index contributed by atoms with van der Waals surface area (Å²) in [6.45, 7) is 2.42. The van der Waals surface area contributed by atoms with Gasteiger partial charge in [-0.05, 0) is 60.2 Å². The number of benzene rings is 2. The number of carbonyl (C=O) groups excluding carboxylic acids is 4. The summed E-state index contributed by atoms with van der Waals surface area (Å²) in [5.41, 5.74) is 6.65. The van der Waals surface area contributed by atoms with Crippen molar-refractivity contribution in [2.24, 2.45) is 5.73 Å². The molecule has 0 aromatic heterocycles. The van der Waals surface area contributed by atoms with Gasteiger partial charge in [-0.1, -0.05) is 34.1 Å². The maximum absolute atomic E-state index is 12.8. The minimum absolute atomic E-state index is 0.00649. The standard InChI is InChI=1S/C25H27BrN4O6S/c1-3-36-19-9-4-15(12-20(19)35-2)13-21-23(32)30(25(34)37-21)11-10-28-22(31)14-18(29-24(27)33)16-5-7-17(26)8-6-16/h4-9,12-13,18H,3,10-11,14H2,1-2H3,(H,28,31)(H3,27,29,33)/b21-13+. The Bertz CT molecular complexity index is 1200. The Morgan fingerprint density at radius 3 is 2.54 bits per heavy atom. The molecule has 37 heavy (non-hydrogen) atoms. The van der Waals surface area contributed by atoms with Crippen LogP contribution in [0.15, 0.2) is 51.8 Å². The van der Waals surface area contributed by atoms with Crippen molar-refractivity contribution in [3.8, 4) is 11.5 Å². The molecule has 10 nitrogen and oxygen atoms in total. The second-order valence-electron chi connectivity index (χ2n) is 7.84. The third-order valence-corrected chi connectivity index (χ3v) is 6.73. The predicted octanol–water partition coefficient (Wildman–Crippen LogP) is 3.81. The highest BCUT2D eigenvalue weighted by Gasteiger charge is 2.34. The van der Waals surface area contributed by atoms with Gasteiger partial charge >= 0.3 is 6.03 Å². The van der Waals surface area contributed by atoms with E-state index >= 15 is 0 Å². The third kappa shape index (κ3) is 7.73. The molecule has 2 aromatic carbocycles. The fourth-order valence-corrected chi connectivity index (χ4v) is 4.71. The molecule has 1 saturated heterocycles. The second-order valence-corrected chi connectivity index (χ2v) is 9.75. The number of urea groups is 1. The smallest absolute Gasteiger partial charge is 0.312 e. The van der Waals surface area contributed by atoms with Gasteiger partial charge in [0.15, 0.2) is 11.5 Å². The maximum Gasteiger partial charge on any atom is 0.312 e. The molecule has 1 aliphatic rings. The summed E-state index contributed by atoms with van der Waals surface area (Å²) in [5.74, 6) is 0.287. The molecular formula is C25H27BrN4O6S. The van der Waals surface area contributed by atoms with Crippen molar-refractivity contribution in [3.05, 3.63) is 63.0 Å². The summed E-state index contributed by atoms with van der Waals surface area (Å²) in [7, 11) is 1.52. The van der Waals surface area contributed by atoms with Gasteiger partial charge < -0.3 is 25.8 Å². The Morgan fingerprint density at radius 2 is 1.89 bits per heavy atom. The number of primary amides is 1. The van der Waals surface area contributed by atoms with Crippen LogP contribution in [-0.4, -0.2) is 54.8 Å². The van der Waals surface area contributed by atoms with Gasteiger partial charge in [-0.3, -0.25) is 19.3 Å². The second kappa shape index (κ2) is 13.2. The Hall–Kier alpha value is -3.51. The lowest BCUT2D eigenvalue weighted by atomic mass is 10.0. The van der Waals surface area contributed by atoms with Gasteiger partial charge in [0, 0.05) is 17.6 Å². The van der Waals surface area contributed by atoms with Crippen molar-refractivity contribution in [1.82, 2.24) is 15.5 Å². The van der Waals surface area contributed by atoms with E-state index in [1.165, 1.54) is 7.11 Å². The number of nitrogens with two attached hydrogens (primary N) is 1.